The number of rotatable bonds is 3. The number of hydrogen-bond acceptors (Lipinski definition) is 4. The summed E-state index contributed by atoms with van der Waals surface area (Å²) in [7, 11) is 2.16. The number of aromatic nitrogens is 1. The maximum absolute atomic E-state index is 8.80. The molecule has 1 aliphatic heterocycles. The van der Waals surface area contributed by atoms with Crippen LogP contribution in [-0.4, -0.2) is 35.2 Å². The van der Waals surface area contributed by atoms with Crippen LogP contribution in [0.25, 0.3) is 0 Å². The van der Waals surface area contributed by atoms with E-state index in [4.69, 9.17) is 5.11 Å². The lowest BCUT2D eigenvalue weighted by Crippen LogP contribution is -2.17. The van der Waals surface area contributed by atoms with E-state index in [9.17, 15) is 0 Å². The Kier molecular flexibility index (Phi) is 3.15. The molecule has 2 rings (SSSR count). The summed E-state index contributed by atoms with van der Waals surface area (Å²) in [5.74, 6) is 0. The first-order valence-electron chi connectivity index (χ1n) is 5.06. The topological polar surface area (TPSA) is 36.4 Å². The summed E-state index contributed by atoms with van der Waals surface area (Å²) in [6.45, 7) is 1.38. The van der Waals surface area contributed by atoms with Gasteiger partial charge in [0.2, 0.25) is 0 Å². The van der Waals surface area contributed by atoms with Crippen LogP contribution in [0.5, 0.6) is 0 Å². The molecule has 0 bridgehead atoms. The van der Waals surface area contributed by atoms with Crippen LogP contribution < -0.4 is 0 Å². The molecule has 0 amide bonds. The van der Waals surface area contributed by atoms with Crippen molar-refractivity contribution in [2.75, 3.05) is 20.2 Å². The van der Waals surface area contributed by atoms with E-state index in [0.29, 0.717) is 12.5 Å². The molecule has 1 N–H and O–H groups in total. The SMILES string of the molecule is CN1CCCC1c1csc(CCO)n1. The fourth-order valence-corrected chi connectivity index (χ4v) is 2.81. The highest BCUT2D eigenvalue weighted by atomic mass is 32.1. The first kappa shape index (κ1) is 10.1. The molecule has 4 heteroatoms. The van der Waals surface area contributed by atoms with Gasteiger partial charge in [-0.05, 0) is 26.4 Å². The number of aliphatic hydroxyl groups excluding tert-OH is 1. The molecule has 1 aromatic rings. The fraction of sp³-hybridized carbons (Fsp3) is 0.700. The van der Waals surface area contributed by atoms with Gasteiger partial charge in [0.25, 0.3) is 0 Å². The van der Waals surface area contributed by atoms with Crippen molar-refractivity contribution in [2.45, 2.75) is 25.3 Å². The number of thiazole rings is 1. The van der Waals surface area contributed by atoms with Crippen molar-refractivity contribution in [3.05, 3.63) is 16.1 Å². The Morgan fingerprint density at radius 2 is 2.57 bits per heavy atom. The minimum atomic E-state index is 0.202. The molecule has 0 spiro atoms. The van der Waals surface area contributed by atoms with E-state index < -0.39 is 0 Å². The average molecular weight is 212 g/mol. The van der Waals surface area contributed by atoms with E-state index in [2.05, 4.69) is 22.3 Å². The highest BCUT2D eigenvalue weighted by Gasteiger charge is 2.24. The van der Waals surface area contributed by atoms with E-state index in [1.54, 1.807) is 11.3 Å². The molecule has 3 nitrogen and oxygen atoms in total. The molecule has 14 heavy (non-hydrogen) atoms. The summed E-state index contributed by atoms with van der Waals surface area (Å²) >= 11 is 1.67. The van der Waals surface area contributed by atoms with Crippen molar-refractivity contribution in [3.8, 4) is 0 Å². The molecule has 0 aromatic carbocycles. The molecule has 0 saturated carbocycles. The zero-order valence-electron chi connectivity index (χ0n) is 8.44. The predicted molar refractivity (Wildman–Crippen MR) is 57.5 cm³/mol. The zero-order chi connectivity index (χ0) is 9.97. The Balaban J connectivity index is 2.08. The van der Waals surface area contributed by atoms with E-state index in [1.165, 1.54) is 25.1 Å². The van der Waals surface area contributed by atoms with Crippen LogP contribution in [0.4, 0.5) is 0 Å². The predicted octanol–water partition coefficient (Wildman–Crippen LogP) is 1.44. The number of aliphatic hydroxyl groups is 1. The van der Waals surface area contributed by atoms with Crippen LogP contribution >= 0.6 is 11.3 Å². The van der Waals surface area contributed by atoms with Crippen LogP contribution in [0, 0.1) is 0 Å². The van der Waals surface area contributed by atoms with Crippen molar-refractivity contribution in [2.24, 2.45) is 0 Å². The van der Waals surface area contributed by atoms with Gasteiger partial charge in [-0.1, -0.05) is 0 Å². The van der Waals surface area contributed by atoms with E-state index in [-0.39, 0.29) is 6.61 Å². The van der Waals surface area contributed by atoms with Crippen LogP contribution in [-0.2, 0) is 6.42 Å². The molecule has 78 valence electrons. The summed E-state index contributed by atoms with van der Waals surface area (Å²) in [5, 5.41) is 12.0. The summed E-state index contributed by atoms with van der Waals surface area (Å²) in [6, 6.07) is 0.513. The highest BCUT2D eigenvalue weighted by Crippen LogP contribution is 2.30. The molecule has 2 heterocycles. The van der Waals surface area contributed by atoms with Crippen LogP contribution in [0.2, 0.25) is 0 Å². The Bertz CT molecular complexity index is 300. The minimum Gasteiger partial charge on any atom is -0.396 e. The Hall–Kier alpha value is -0.450. The molecule has 1 atom stereocenters. The minimum absolute atomic E-state index is 0.202. The van der Waals surface area contributed by atoms with Gasteiger partial charge in [0.15, 0.2) is 0 Å². The molecule has 1 aliphatic rings. The number of hydrogen-bond donors (Lipinski definition) is 1. The molecule has 1 saturated heterocycles. The van der Waals surface area contributed by atoms with Gasteiger partial charge in [0, 0.05) is 18.4 Å². The second-order valence-electron chi connectivity index (χ2n) is 3.78. The van der Waals surface area contributed by atoms with Gasteiger partial charge < -0.3 is 5.11 Å². The smallest absolute Gasteiger partial charge is 0.0951 e. The van der Waals surface area contributed by atoms with Crippen molar-refractivity contribution < 1.29 is 5.11 Å². The van der Waals surface area contributed by atoms with Crippen molar-refractivity contribution in [1.82, 2.24) is 9.88 Å². The van der Waals surface area contributed by atoms with Gasteiger partial charge in [0.1, 0.15) is 0 Å². The summed E-state index contributed by atoms with van der Waals surface area (Å²) in [6.07, 6.45) is 3.19. The third-order valence-electron chi connectivity index (χ3n) is 2.76. The van der Waals surface area contributed by atoms with Gasteiger partial charge in [-0.2, -0.15) is 0 Å². The van der Waals surface area contributed by atoms with Gasteiger partial charge in [-0.15, -0.1) is 11.3 Å². The zero-order valence-corrected chi connectivity index (χ0v) is 9.26. The molecular weight excluding hydrogens is 196 g/mol. The van der Waals surface area contributed by atoms with Gasteiger partial charge in [0.05, 0.1) is 16.7 Å². The van der Waals surface area contributed by atoms with E-state index >= 15 is 0 Å². The third kappa shape index (κ3) is 1.97. The monoisotopic (exact) mass is 212 g/mol. The molecule has 1 fully saturated rings. The Labute approximate surface area is 88.4 Å². The second kappa shape index (κ2) is 4.38. The van der Waals surface area contributed by atoms with E-state index in [0.717, 1.165) is 5.01 Å². The quantitative estimate of drug-likeness (QED) is 0.823. The number of nitrogens with zero attached hydrogens (tertiary/aromatic N) is 2. The first-order chi connectivity index (χ1) is 6.81. The first-order valence-corrected chi connectivity index (χ1v) is 5.94. The van der Waals surface area contributed by atoms with Crippen molar-refractivity contribution >= 4 is 11.3 Å². The average Bonchev–Trinajstić information content (AvgIpc) is 2.74. The molecule has 0 aliphatic carbocycles. The van der Waals surface area contributed by atoms with Crippen molar-refractivity contribution in [1.29, 1.82) is 0 Å². The lowest BCUT2D eigenvalue weighted by molar-refractivity contribution is 0.297. The molecular formula is C10H16N2OS. The largest absolute Gasteiger partial charge is 0.396 e. The lowest BCUT2D eigenvalue weighted by Gasteiger charge is -2.16. The van der Waals surface area contributed by atoms with Crippen LogP contribution in [0.3, 0.4) is 0 Å². The highest BCUT2D eigenvalue weighted by molar-refractivity contribution is 7.09. The normalized spacial score (nSPS) is 23.1. The Morgan fingerprint density at radius 1 is 1.71 bits per heavy atom. The van der Waals surface area contributed by atoms with E-state index in [1.807, 2.05) is 0 Å². The summed E-state index contributed by atoms with van der Waals surface area (Å²) < 4.78 is 0. The van der Waals surface area contributed by atoms with Gasteiger partial charge in [-0.3, -0.25) is 4.90 Å². The molecule has 1 aromatic heterocycles. The number of likely N-dealkylation sites (tertiary alicyclic amines) is 1. The second-order valence-corrected chi connectivity index (χ2v) is 4.72. The lowest BCUT2D eigenvalue weighted by atomic mass is 10.2. The fourth-order valence-electron chi connectivity index (χ4n) is 1.97. The Morgan fingerprint density at radius 3 is 3.21 bits per heavy atom. The maximum Gasteiger partial charge on any atom is 0.0951 e. The standard InChI is InChI=1S/C10H16N2OS/c1-12-5-2-3-9(12)8-7-14-10(11-8)4-6-13/h7,9,13H,2-6H2,1H3. The van der Waals surface area contributed by atoms with Crippen LogP contribution in [0.1, 0.15) is 29.6 Å². The summed E-state index contributed by atoms with van der Waals surface area (Å²) in [5.41, 5.74) is 1.19. The van der Waals surface area contributed by atoms with Crippen molar-refractivity contribution in [3.63, 3.8) is 0 Å². The molecule has 0 radical (unpaired) electrons. The molecule has 1 unspecified atom stereocenters. The van der Waals surface area contributed by atoms with Crippen LogP contribution in [0.15, 0.2) is 5.38 Å². The van der Waals surface area contributed by atoms with Gasteiger partial charge in [-0.25, -0.2) is 4.98 Å². The van der Waals surface area contributed by atoms with Gasteiger partial charge >= 0.3 is 0 Å². The maximum atomic E-state index is 8.80. The third-order valence-corrected chi connectivity index (χ3v) is 3.68. The summed E-state index contributed by atoms with van der Waals surface area (Å²) in [4.78, 5) is 6.91.